The van der Waals surface area contributed by atoms with Gasteiger partial charge in [0.2, 0.25) is 5.91 Å². The van der Waals surface area contributed by atoms with Gasteiger partial charge in [0.15, 0.2) is 0 Å². The van der Waals surface area contributed by atoms with Crippen molar-refractivity contribution in [1.29, 1.82) is 0 Å². The van der Waals surface area contributed by atoms with Crippen molar-refractivity contribution in [2.75, 3.05) is 6.54 Å². The van der Waals surface area contributed by atoms with Gasteiger partial charge < -0.3 is 10.0 Å². The Hall–Kier alpha value is -3.13. The molecular formula is C23H20F3N3O2. The molecule has 2 aromatic carbocycles. The second kappa shape index (κ2) is 7.23. The van der Waals surface area contributed by atoms with Crippen LogP contribution >= 0.6 is 0 Å². The van der Waals surface area contributed by atoms with Crippen molar-refractivity contribution in [2.24, 2.45) is 0 Å². The van der Waals surface area contributed by atoms with Crippen LogP contribution < -0.4 is 0 Å². The van der Waals surface area contributed by atoms with E-state index in [4.69, 9.17) is 5.10 Å². The van der Waals surface area contributed by atoms with Gasteiger partial charge in [-0.1, -0.05) is 0 Å². The maximum atomic E-state index is 14.3. The third-order valence-corrected chi connectivity index (χ3v) is 6.20. The standard InChI is InChI=1S/C23H20F3N3O2/c1-12(30)28-7-6-20-18(11-28)22(13-2-4-14(24)5-3-13)27-29(20)23-17-8-15(25)9-19(26)16(17)10-21(23)31/h2-5,8-9,21,23,31H,6-7,10-11H2,1H3/t21-,23?/m1/s1. The first-order valence-corrected chi connectivity index (χ1v) is 10.1. The van der Waals surface area contributed by atoms with E-state index in [1.54, 1.807) is 21.7 Å². The van der Waals surface area contributed by atoms with Crippen molar-refractivity contribution >= 4 is 5.91 Å². The lowest BCUT2D eigenvalue weighted by molar-refractivity contribution is -0.129. The van der Waals surface area contributed by atoms with Crippen LogP contribution in [-0.4, -0.2) is 38.3 Å². The van der Waals surface area contributed by atoms with Crippen LogP contribution in [0, 0.1) is 17.5 Å². The van der Waals surface area contributed by atoms with Crippen LogP contribution in [0.3, 0.4) is 0 Å². The van der Waals surface area contributed by atoms with Crippen molar-refractivity contribution in [1.82, 2.24) is 14.7 Å². The summed E-state index contributed by atoms with van der Waals surface area (Å²) >= 11 is 0. The van der Waals surface area contributed by atoms with Gasteiger partial charge in [0.1, 0.15) is 23.5 Å². The molecule has 8 heteroatoms. The van der Waals surface area contributed by atoms with Crippen molar-refractivity contribution in [3.05, 3.63) is 76.2 Å². The number of carbonyl (C=O) groups excluding carboxylic acids is 1. The van der Waals surface area contributed by atoms with E-state index in [0.717, 1.165) is 17.3 Å². The molecule has 5 rings (SSSR count). The van der Waals surface area contributed by atoms with Gasteiger partial charge >= 0.3 is 0 Å². The Kier molecular flexibility index (Phi) is 4.62. The van der Waals surface area contributed by atoms with Crippen molar-refractivity contribution < 1.29 is 23.1 Å². The summed E-state index contributed by atoms with van der Waals surface area (Å²) in [6.45, 7) is 2.30. The smallest absolute Gasteiger partial charge is 0.219 e. The number of nitrogens with zero attached hydrogens (tertiary/aromatic N) is 3. The number of hydrogen-bond acceptors (Lipinski definition) is 3. The van der Waals surface area contributed by atoms with Gasteiger partial charge in [-0.25, -0.2) is 13.2 Å². The largest absolute Gasteiger partial charge is 0.390 e. The minimum Gasteiger partial charge on any atom is -0.390 e. The Balaban J connectivity index is 1.69. The average Bonchev–Trinajstić information content (AvgIpc) is 3.25. The molecule has 2 atom stereocenters. The molecule has 1 aliphatic heterocycles. The first-order chi connectivity index (χ1) is 14.8. The Bertz CT molecular complexity index is 1190. The third kappa shape index (κ3) is 3.22. The van der Waals surface area contributed by atoms with E-state index in [0.29, 0.717) is 36.3 Å². The van der Waals surface area contributed by atoms with E-state index < -0.39 is 23.8 Å². The lowest BCUT2D eigenvalue weighted by Gasteiger charge is -2.28. The lowest BCUT2D eigenvalue weighted by atomic mass is 10.00. The first kappa shape index (κ1) is 19.8. The summed E-state index contributed by atoms with van der Waals surface area (Å²) < 4.78 is 43.4. The second-order valence-electron chi connectivity index (χ2n) is 8.09. The molecule has 1 amide bonds. The fourth-order valence-corrected chi connectivity index (χ4v) is 4.71. The molecule has 160 valence electrons. The van der Waals surface area contributed by atoms with Gasteiger partial charge in [-0.05, 0) is 41.5 Å². The van der Waals surface area contributed by atoms with E-state index >= 15 is 0 Å². The lowest BCUT2D eigenvalue weighted by Crippen LogP contribution is -2.35. The number of amides is 1. The predicted molar refractivity (Wildman–Crippen MR) is 107 cm³/mol. The van der Waals surface area contributed by atoms with Crippen LogP contribution in [0.15, 0.2) is 36.4 Å². The zero-order chi connectivity index (χ0) is 21.9. The number of aliphatic hydroxyl groups excluding tert-OH is 1. The molecule has 1 aliphatic carbocycles. The van der Waals surface area contributed by atoms with Gasteiger partial charge in [-0.3, -0.25) is 9.48 Å². The van der Waals surface area contributed by atoms with E-state index in [1.807, 2.05) is 0 Å². The Morgan fingerprint density at radius 3 is 2.55 bits per heavy atom. The molecule has 0 radical (unpaired) electrons. The second-order valence-corrected chi connectivity index (χ2v) is 8.09. The number of aromatic nitrogens is 2. The quantitative estimate of drug-likeness (QED) is 0.682. The summed E-state index contributed by atoms with van der Waals surface area (Å²) in [6, 6.07) is 7.19. The van der Waals surface area contributed by atoms with E-state index in [9.17, 15) is 23.1 Å². The molecule has 0 spiro atoms. The summed E-state index contributed by atoms with van der Waals surface area (Å²) in [4.78, 5) is 13.7. The maximum Gasteiger partial charge on any atom is 0.219 e. The molecule has 0 bridgehead atoms. The molecule has 5 nitrogen and oxygen atoms in total. The summed E-state index contributed by atoms with van der Waals surface area (Å²) in [7, 11) is 0. The molecule has 3 aromatic rings. The van der Waals surface area contributed by atoms with Gasteiger partial charge in [0, 0.05) is 55.7 Å². The number of carbonyl (C=O) groups is 1. The summed E-state index contributed by atoms with van der Waals surface area (Å²) in [6.07, 6.45) is -0.423. The highest BCUT2D eigenvalue weighted by Crippen LogP contribution is 2.40. The van der Waals surface area contributed by atoms with Crippen molar-refractivity contribution in [3.63, 3.8) is 0 Å². The fourth-order valence-electron chi connectivity index (χ4n) is 4.71. The Labute approximate surface area is 176 Å². The van der Waals surface area contributed by atoms with E-state index in [2.05, 4.69) is 0 Å². The van der Waals surface area contributed by atoms with Gasteiger partial charge in [-0.15, -0.1) is 0 Å². The van der Waals surface area contributed by atoms with Gasteiger partial charge in [-0.2, -0.15) is 5.10 Å². The highest BCUT2D eigenvalue weighted by atomic mass is 19.1. The van der Waals surface area contributed by atoms with Gasteiger partial charge in [0.05, 0.1) is 11.8 Å². The minimum absolute atomic E-state index is 0.0617. The van der Waals surface area contributed by atoms with Crippen LogP contribution in [0.2, 0.25) is 0 Å². The molecule has 2 heterocycles. The number of halogens is 3. The first-order valence-electron chi connectivity index (χ1n) is 10.1. The fraction of sp³-hybridized carbons (Fsp3) is 0.304. The third-order valence-electron chi connectivity index (χ3n) is 6.20. The SMILES string of the molecule is CC(=O)N1CCc2c(c(-c3ccc(F)cc3)nn2C2c3cc(F)cc(F)c3C[C@H]2O)C1. The molecule has 0 saturated carbocycles. The Morgan fingerprint density at radius 2 is 1.84 bits per heavy atom. The number of fused-ring (bicyclic) bond motifs is 2. The molecule has 0 fully saturated rings. The normalized spacial score (nSPS) is 20.0. The average molecular weight is 427 g/mol. The number of aliphatic hydroxyl groups is 1. The number of rotatable bonds is 2. The van der Waals surface area contributed by atoms with Crippen LogP contribution in [-0.2, 0) is 24.2 Å². The molecule has 1 unspecified atom stereocenters. The van der Waals surface area contributed by atoms with Crippen molar-refractivity contribution in [2.45, 2.75) is 38.5 Å². The molecular weight excluding hydrogens is 407 g/mol. The highest BCUT2D eigenvalue weighted by molar-refractivity contribution is 5.74. The van der Waals surface area contributed by atoms with Crippen LogP contribution in [0.4, 0.5) is 13.2 Å². The molecule has 31 heavy (non-hydrogen) atoms. The molecule has 0 saturated heterocycles. The summed E-state index contributed by atoms with van der Waals surface area (Å²) in [5, 5.41) is 15.5. The van der Waals surface area contributed by atoms with E-state index in [1.165, 1.54) is 25.1 Å². The summed E-state index contributed by atoms with van der Waals surface area (Å²) in [5.74, 6) is -1.84. The topological polar surface area (TPSA) is 58.4 Å². The van der Waals surface area contributed by atoms with Crippen LogP contribution in [0.1, 0.15) is 35.3 Å². The summed E-state index contributed by atoms with van der Waals surface area (Å²) in [5.41, 5.74) is 3.49. The maximum absolute atomic E-state index is 14.3. The van der Waals surface area contributed by atoms with Gasteiger partial charge in [0.25, 0.3) is 0 Å². The Morgan fingerprint density at radius 1 is 1.10 bits per heavy atom. The number of benzene rings is 2. The van der Waals surface area contributed by atoms with Crippen LogP contribution in [0.25, 0.3) is 11.3 Å². The minimum atomic E-state index is -0.970. The highest BCUT2D eigenvalue weighted by Gasteiger charge is 2.39. The predicted octanol–water partition coefficient (Wildman–Crippen LogP) is 3.38. The van der Waals surface area contributed by atoms with E-state index in [-0.39, 0.29) is 23.7 Å². The molecule has 2 aliphatic rings. The van der Waals surface area contributed by atoms with Crippen molar-refractivity contribution in [3.8, 4) is 11.3 Å². The zero-order valence-corrected chi connectivity index (χ0v) is 16.8. The monoisotopic (exact) mass is 427 g/mol. The molecule has 1 N–H and O–H groups in total. The van der Waals surface area contributed by atoms with Crippen LogP contribution in [0.5, 0.6) is 0 Å². The zero-order valence-electron chi connectivity index (χ0n) is 16.8. The number of hydrogen-bond donors (Lipinski definition) is 1. The molecule has 1 aromatic heterocycles.